The Morgan fingerprint density at radius 3 is 2.30 bits per heavy atom. The molecule has 0 unspecified atom stereocenters. The van der Waals surface area contributed by atoms with Gasteiger partial charge in [0, 0.05) is 5.56 Å². The third-order valence-corrected chi connectivity index (χ3v) is 4.74. The summed E-state index contributed by atoms with van der Waals surface area (Å²) in [4.78, 5) is 11.2. The molecule has 2 rings (SSSR count). The van der Waals surface area contributed by atoms with E-state index in [1.807, 2.05) is 0 Å². The summed E-state index contributed by atoms with van der Waals surface area (Å²) in [6.07, 6.45) is 3.92. The van der Waals surface area contributed by atoms with E-state index in [9.17, 15) is 23.1 Å². The van der Waals surface area contributed by atoms with Gasteiger partial charge in [-0.05, 0) is 25.2 Å². The molecule has 0 bridgehead atoms. The molecule has 0 spiro atoms. The molecule has 0 amide bonds. The molecule has 0 heterocycles. The molecule has 0 aromatic heterocycles. The summed E-state index contributed by atoms with van der Waals surface area (Å²) in [6, 6.07) is 0.851. The van der Waals surface area contributed by atoms with Crippen LogP contribution in [-0.2, 0) is 10.2 Å². The first-order chi connectivity index (χ1) is 9.44. The summed E-state index contributed by atoms with van der Waals surface area (Å²) in [7, 11) is 0. The smallest absolute Gasteiger partial charge is 0.314 e. The summed E-state index contributed by atoms with van der Waals surface area (Å²) in [5.41, 5.74) is -1.88. The Labute approximate surface area is 119 Å². The molecule has 1 aromatic carbocycles. The maximum absolute atomic E-state index is 14.2. The van der Waals surface area contributed by atoms with Crippen LogP contribution < -0.4 is 0 Å². The van der Waals surface area contributed by atoms with Crippen molar-refractivity contribution < 1.29 is 23.1 Å². The zero-order chi connectivity index (χ0) is 14.9. The zero-order valence-corrected chi connectivity index (χ0v) is 11.8. The fraction of sp³-hybridized carbons (Fsp3) is 0.500. The molecule has 6 heteroatoms. The van der Waals surface area contributed by atoms with Crippen molar-refractivity contribution >= 4 is 17.7 Å². The molecule has 1 fully saturated rings. The van der Waals surface area contributed by atoms with Crippen molar-refractivity contribution in [3.05, 3.63) is 29.1 Å². The highest BCUT2D eigenvalue weighted by Crippen LogP contribution is 2.43. The highest BCUT2D eigenvalue weighted by atomic mass is 32.2. The molecular weight excluding hydrogens is 289 g/mol. The van der Waals surface area contributed by atoms with Gasteiger partial charge in [-0.15, -0.1) is 11.8 Å². The van der Waals surface area contributed by atoms with Crippen LogP contribution in [0.3, 0.4) is 0 Å². The Hall–Kier alpha value is -1.17. The first-order valence-electron chi connectivity index (χ1n) is 6.39. The van der Waals surface area contributed by atoms with E-state index in [-0.39, 0.29) is 18.4 Å². The first kappa shape index (κ1) is 15.2. The van der Waals surface area contributed by atoms with Gasteiger partial charge in [0.1, 0.15) is 5.82 Å². The molecule has 2 nitrogen and oxygen atoms in total. The Bertz CT molecular complexity index is 540. The number of halogens is 3. The molecule has 1 aromatic rings. The van der Waals surface area contributed by atoms with E-state index in [1.54, 1.807) is 0 Å². The van der Waals surface area contributed by atoms with Crippen molar-refractivity contribution in [2.45, 2.75) is 42.4 Å². The maximum Gasteiger partial charge on any atom is 0.314 e. The van der Waals surface area contributed by atoms with Crippen molar-refractivity contribution in [3.63, 3.8) is 0 Å². The lowest BCUT2D eigenvalue weighted by atomic mass is 9.69. The highest BCUT2D eigenvalue weighted by Gasteiger charge is 2.44. The minimum absolute atomic E-state index is 0.205. The van der Waals surface area contributed by atoms with Gasteiger partial charge >= 0.3 is 5.97 Å². The summed E-state index contributed by atoms with van der Waals surface area (Å²) < 4.78 is 41.9. The van der Waals surface area contributed by atoms with Crippen LogP contribution in [0.1, 0.15) is 37.7 Å². The Balaban J connectivity index is 2.63. The second-order valence-electron chi connectivity index (χ2n) is 5.02. The van der Waals surface area contributed by atoms with Gasteiger partial charge in [0.05, 0.1) is 10.3 Å². The fourth-order valence-electron chi connectivity index (χ4n) is 2.87. The molecule has 1 aliphatic carbocycles. The second kappa shape index (κ2) is 5.68. The minimum atomic E-state index is -1.51. The molecule has 110 valence electrons. The van der Waals surface area contributed by atoms with Gasteiger partial charge in [0.2, 0.25) is 0 Å². The van der Waals surface area contributed by atoms with Gasteiger partial charge in [-0.1, -0.05) is 19.3 Å². The zero-order valence-electron chi connectivity index (χ0n) is 11.0. The number of carboxylic acid groups (broad SMARTS) is 1. The lowest BCUT2D eigenvalue weighted by molar-refractivity contribution is -0.145. The molecule has 1 aliphatic rings. The quantitative estimate of drug-likeness (QED) is 0.674. The SMILES string of the molecule is CSc1c(F)cc(C2(C(=O)O)CCCCC2)c(F)c1F. The van der Waals surface area contributed by atoms with E-state index in [4.69, 9.17) is 0 Å². The lowest BCUT2D eigenvalue weighted by Gasteiger charge is -2.34. The number of hydrogen-bond donors (Lipinski definition) is 1. The van der Waals surface area contributed by atoms with Crippen molar-refractivity contribution in [2.75, 3.05) is 6.26 Å². The van der Waals surface area contributed by atoms with E-state index < -0.39 is 33.7 Å². The van der Waals surface area contributed by atoms with Gasteiger partial charge in [-0.2, -0.15) is 0 Å². The molecule has 0 aliphatic heterocycles. The first-order valence-corrected chi connectivity index (χ1v) is 7.62. The molecule has 0 atom stereocenters. The molecule has 0 radical (unpaired) electrons. The minimum Gasteiger partial charge on any atom is -0.481 e. The lowest BCUT2D eigenvalue weighted by Crippen LogP contribution is -2.39. The standard InChI is InChI=1S/C14H15F3O2S/c1-20-12-9(15)7-8(10(16)11(12)17)14(13(18)19)5-3-2-4-6-14/h7H,2-6H2,1H3,(H,18,19). The average Bonchev–Trinajstić information content (AvgIpc) is 2.44. The number of aliphatic carboxylic acids is 1. The molecule has 0 saturated heterocycles. The van der Waals surface area contributed by atoms with Crippen LogP contribution >= 0.6 is 11.8 Å². The van der Waals surface area contributed by atoms with Crippen LogP contribution in [-0.4, -0.2) is 17.3 Å². The topological polar surface area (TPSA) is 37.3 Å². The summed E-state index contributed by atoms with van der Waals surface area (Å²) in [5, 5.41) is 9.46. The van der Waals surface area contributed by atoms with Gasteiger partial charge < -0.3 is 5.11 Å². The summed E-state index contributed by atoms with van der Waals surface area (Å²) >= 11 is 0.761. The number of rotatable bonds is 3. The predicted molar refractivity (Wildman–Crippen MR) is 70.5 cm³/mol. The van der Waals surface area contributed by atoms with Gasteiger partial charge in [0.15, 0.2) is 11.6 Å². The van der Waals surface area contributed by atoms with E-state index in [0.717, 1.165) is 24.2 Å². The maximum atomic E-state index is 14.2. The van der Waals surface area contributed by atoms with Crippen LogP contribution in [0.15, 0.2) is 11.0 Å². The number of carboxylic acids is 1. The number of carbonyl (C=O) groups is 1. The summed E-state index contributed by atoms with van der Waals surface area (Å²) in [6.45, 7) is 0. The van der Waals surface area contributed by atoms with Gasteiger partial charge in [-0.25, -0.2) is 13.2 Å². The van der Waals surface area contributed by atoms with Crippen LogP contribution in [0.5, 0.6) is 0 Å². The molecule has 20 heavy (non-hydrogen) atoms. The molecular formula is C14H15F3O2S. The largest absolute Gasteiger partial charge is 0.481 e. The number of hydrogen-bond acceptors (Lipinski definition) is 2. The van der Waals surface area contributed by atoms with E-state index in [1.165, 1.54) is 6.26 Å². The van der Waals surface area contributed by atoms with Gasteiger partial charge in [-0.3, -0.25) is 4.79 Å². The Morgan fingerprint density at radius 1 is 1.20 bits per heavy atom. The number of thioether (sulfide) groups is 1. The third kappa shape index (κ3) is 2.30. The van der Waals surface area contributed by atoms with E-state index >= 15 is 0 Å². The Morgan fingerprint density at radius 2 is 1.80 bits per heavy atom. The number of benzene rings is 1. The van der Waals surface area contributed by atoms with Crippen molar-refractivity contribution in [1.82, 2.24) is 0 Å². The van der Waals surface area contributed by atoms with E-state index in [0.29, 0.717) is 12.8 Å². The third-order valence-electron chi connectivity index (χ3n) is 3.95. The van der Waals surface area contributed by atoms with Crippen molar-refractivity contribution in [2.24, 2.45) is 0 Å². The predicted octanol–water partition coefficient (Wildman–Crippen LogP) is 4.11. The van der Waals surface area contributed by atoms with E-state index in [2.05, 4.69) is 0 Å². The van der Waals surface area contributed by atoms with Gasteiger partial charge in [0.25, 0.3) is 0 Å². The van der Waals surface area contributed by atoms with Crippen LogP contribution in [0, 0.1) is 17.5 Å². The molecule has 1 saturated carbocycles. The Kier molecular flexibility index (Phi) is 4.32. The second-order valence-corrected chi connectivity index (χ2v) is 5.83. The average molecular weight is 304 g/mol. The molecule has 1 N–H and O–H groups in total. The normalized spacial score (nSPS) is 18.0. The van der Waals surface area contributed by atoms with Crippen molar-refractivity contribution in [3.8, 4) is 0 Å². The highest BCUT2D eigenvalue weighted by molar-refractivity contribution is 7.98. The monoisotopic (exact) mass is 304 g/mol. The summed E-state index contributed by atoms with van der Waals surface area (Å²) in [5.74, 6) is -4.65. The van der Waals surface area contributed by atoms with Crippen LogP contribution in [0.25, 0.3) is 0 Å². The van der Waals surface area contributed by atoms with Crippen molar-refractivity contribution in [1.29, 1.82) is 0 Å². The van der Waals surface area contributed by atoms with Crippen LogP contribution in [0.2, 0.25) is 0 Å². The van der Waals surface area contributed by atoms with Crippen LogP contribution in [0.4, 0.5) is 13.2 Å². The fourth-order valence-corrected chi connectivity index (χ4v) is 3.39.